The van der Waals surface area contributed by atoms with E-state index in [0.29, 0.717) is 6.04 Å². The molecule has 2 heteroatoms. The molecule has 1 aliphatic rings. The van der Waals surface area contributed by atoms with E-state index in [1.807, 2.05) is 0 Å². The lowest BCUT2D eigenvalue weighted by molar-refractivity contribution is 0.0838. The Morgan fingerprint density at radius 3 is 2.54 bits per heavy atom. The van der Waals surface area contributed by atoms with Crippen LogP contribution in [0.1, 0.15) is 39.5 Å². The van der Waals surface area contributed by atoms with Crippen molar-refractivity contribution >= 4 is 0 Å². The van der Waals surface area contributed by atoms with Gasteiger partial charge in [0.05, 0.1) is 6.10 Å². The monoisotopic (exact) mass is 185 g/mol. The van der Waals surface area contributed by atoms with Gasteiger partial charge in [-0.1, -0.05) is 13.8 Å². The van der Waals surface area contributed by atoms with E-state index in [1.54, 1.807) is 0 Å². The normalized spacial score (nSPS) is 29.1. The quantitative estimate of drug-likeness (QED) is 0.723. The van der Waals surface area contributed by atoms with Crippen LogP contribution in [0.3, 0.4) is 0 Å². The van der Waals surface area contributed by atoms with Gasteiger partial charge < -0.3 is 10.0 Å². The Kier molecular flexibility index (Phi) is 4.20. The molecule has 2 unspecified atom stereocenters. The Hall–Kier alpha value is -0.0800. The molecule has 1 fully saturated rings. The fourth-order valence-corrected chi connectivity index (χ4v) is 2.06. The predicted octanol–water partition coefficient (Wildman–Crippen LogP) is 1.88. The van der Waals surface area contributed by atoms with Gasteiger partial charge in [-0.05, 0) is 45.2 Å². The van der Waals surface area contributed by atoms with Crippen molar-refractivity contribution in [2.45, 2.75) is 51.7 Å². The number of aliphatic hydroxyl groups is 1. The third-order valence-electron chi connectivity index (χ3n) is 3.07. The van der Waals surface area contributed by atoms with Gasteiger partial charge in [-0.25, -0.2) is 0 Å². The van der Waals surface area contributed by atoms with Crippen molar-refractivity contribution in [3.05, 3.63) is 0 Å². The highest BCUT2D eigenvalue weighted by Gasteiger charge is 2.28. The van der Waals surface area contributed by atoms with Crippen molar-refractivity contribution in [3.63, 3.8) is 0 Å². The summed E-state index contributed by atoms with van der Waals surface area (Å²) in [6.07, 6.45) is 4.53. The number of nitrogens with zero attached hydrogens (tertiary/aromatic N) is 1. The number of aliphatic hydroxyl groups excluding tert-OH is 1. The first-order valence-corrected chi connectivity index (χ1v) is 5.49. The molecule has 0 bridgehead atoms. The topological polar surface area (TPSA) is 23.5 Å². The van der Waals surface area contributed by atoms with E-state index >= 15 is 0 Å². The smallest absolute Gasteiger partial charge is 0.0695 e. The van der Waals surface area contributed by atoms with E-state index in [2.05, 4.69) is 25.8 Å². The molecule has 78 valence electrons. The van der Waals surface area contributed by atoms with E-state index in [0.717, 1.165) is 18.9 Å². The minimum Gasteiger partial charge on any atom is -0.391 e. The van der Waals surface area contributed by atoms with Crippen molar-refractivity contribution in [2.75, 3.05) is 13.6 Å². The van der Waals surface area contributed by atoms with Gasteiger partial charge in [0.2, 0.25) is 0 Å². The number of likely N-dealkylation sites (N-methyl/N-ethyl adjacent to an activating group) is 1. The Morgan fingerprint density at radius 1 is 1.38 bits per heavy atom. The largest absolute Gasteiger partial charge is 0.391 e. The summed E-state index contributed by atoms with van der Waals surface area (Å²) in [5.41, 5.74) is 0. The van der Waals surface area contributed by atoms with Crippen LogP contribution in [-0.2, 0) is 0 Å². The van der Waals surface area contributed by atoms with Crippen LogP contribution < -0.4 is 0 Å². The Balaban J connectivity index is 2.25. The number of hydrogen-bond donors (Lipinski definition) is 1. The second kappa shape index (κ2) is 4.97. The van der Waals surface area contributed by atoms with Gasteiger partial charge in [0.25, 0.3) is 0 Å². The van der Waals surface area contributed by atoms with E-state index < -0.39 is 0 Å². The summed E-state index contributed by atoms with van der Waals surface area (Å²) in [7, 11) is 2.14. The number of rotatable bonds is 4. The molecule has 1 saturated carbocycles. The molecule has 13 heavy (non-hydrogen) atoms. The van der Waals surface area contributed by atoms with Gasteiger partial charge in [0.1, 0.15) is 0 Å². The first-order valence-electron chi connectivity index (χ1n) is 5.49. The van der Waals surface area contributed by atoms with Gasteiger partial charge >= 0.3 is 0 Å². The van der Waals surface area contributed by atoms with Crippen molar-refractivity contribution in [1.82, 2.24) is 4.90 Å². The van der Waals surface area contributed by atoms with Crippen LogP contribution in [0.25, 0.3) is 0 Å². The lowest BCUT2D eigenvalue weighted by Gasteiger charge is -2.27. The molecule has 0 aromatic carbocycles. The molecule has 2 nitrogen and oxygen atoms in total. The summed E-state index contributed by atoms with van der Waals surface area (Å²) in [5.74, 6) is 0.765. The maximum Gasteiger partial charge on any atom is 0.0695 e. The summed E-state index contributed by atoms with van der Waals surface area (Å²) in [6.45, 7) is 5.62. The van der Waals surface area contributed by atoms with Gasteiger partial charge in [0.15, 0.2) is 0 Å². The molecule has 0 amide bonds. The van der Waals surface area contributed by atoms with Crippen LogP contribution in [0.5, 0.6) is 0 Å². The summed E-state index contributed by atoms with van der Waals surface area (Å²) < 4.78 is 0. The predicted molar refractivity (Wildman–Crippen MR) is 55.7 cm³/mol. The minimum atomic E-state index is -0.0721. The Bertz CT molecular complexity index is 147. The van der Waals surface area contributed by atoms with Crippen molar-refractivity contribution in [1.29, 1.82) is 0 Å². The highest BCUT2D eigenvalue weighted by atomic mass is 16.3. The van der Waals surface area contributed by atoms with Crippen molar-refractivity contribution in [3.8, 4) is 0 Å². The van der Waals surface area contributed by atoms with Crippen molar-refractivity contribution < 1.29 is 5.11 Å². The second-order valence-electron chi connectivity index (χ2n) is 4.73. The molecule has 1 N–H and O–H groups in total. The average Bonchev–Trinajstić information content (AvgIpc) is 2.47. The molecular formula is C11H23NO. The summed E-state index contributed by atoms with van der Waals surface area (Å²) >= 11 is 0. The summed E-state index contributed by atoms with van der Waals surface area (Å²) in [4.78, 5) is 2.33. The first kappa shape index (κ1) is 11.0. The van der Waals surface area contributed by atoms with Gasteiger partial charge in [-0.3, -0.25) is 0 Å². The lowest BCUT2D eigenvalue weighted by Crippen LogP contribution is -2.38. The molecule has 1 rings (SSSR count). The van der Waals surface area contributed by atoms with Crippen LogP contribution in [0.15, 0.2) is 0 Å². The highest BCUT2D eigenvalue weighted by molar-refractivity contribution is 4.83. The van der Waals surface area contributed by atoms with Crippen LogP contribution in [-0.4, -0.2) is 35.7 Å². The van der Waals surface area contributed by atoms with E-state index in [1.165, 1.54) is 19.3 Å². The van der Waals surface area contributed by atoms with E-state index in [4.69, 9.17) is 0 Å². The third kappa shape index (κ3) is 3.28. The molecule has 0 aromatic heterocycles. The first-order chi connectivity index (χ1) is 6.11. The molecule has 0 heterocycles. The lowest BCUT2D eigenvalue weighted by atomic mass is 10.1. The van der Waals surface area contributed by atoms with Crippen molar-refractivity contribution in [2.24, 2.45) is 5.92 Å². The second-order valence-corrected chi connectivity index (χ2v) is 4.73. The molecule has 0 aromatic rings. The van der Waals surface area contributed by atoms with Crippen LogP contribution in [0.4, 0.5) is 0 Å². The highest BCUT2D eigenvalue weighted by Crippen LogP contribution is 2.23. The van der Waals surface area contributed by atoms with Crippen LogP contribution in [0, 0.1) is 5.92 Å². The fraction of sp³-hybridized carbons (Fsp3) is 1.00. The molecule has 2 atom stereocenters. The maximum absolute atomic E-state index is 9.68. The zero-order chi connectivity index (χ0) is 9.84. The van der Waals surface area contributed by atoms with Gasteiger partial charge in [-0.2, -0.15) is 0 Å². The SMILES string of the molecule is CC(C)CCN(C)C1CCCC1O. The minimum absolute atomic E-state index is 0.0721. The molecular weight excluding hydrogens is 162 g/mol. The van der Waals surface area contributed by atoms with Gasteiger partial charge in [-0.15, -0.1) is 0 Å². The fourth-order valence-electron chi connectivity index (χ4n) is 2.06. The van der Waals surface area contributed by atoms with E-state index in [-0.39, 0.29) is 6.10 Å². The Morgan fingerprint density at radius 2 is 2.08 bits per heavy atom. The molecule has 0 spiro atoms. The average molecular weight is 185 g/mol. The molecule has 0 radical (unpaired) electrons. The van der Waals surface area contributed by atoms with E-state index in [9.17, 15) is 5.11 Å². The molecule has 0 saturated heterocycles. The third-order valence-corrected chi connectivity index (χ3v) is 3.07. The molecule has 0 aliphatic heterocycles. The maximum atomic E-state index is 9.68. The number of hydrogen-bond acceptors (Lipinski definition) is 2. The zero-order valence-corrected chi connectivity index (χ0v) is 9.16. The summed E-state index contributed by atoms with van der Waals surface area (Å²) in [6, 6.07) is 0.429. The van der Waals surface area contributed by atoms with Crippen LogP contribution in [0.2, 0.25) is 0 Å². The standard InChI is InChI=1S/C11H23NO/c1-9(2)7-8-12(3)10-5-4-6-11(10)13/h9-11,13H,4-8H2,1-3H3. The Labute approximate surface area is 81.9 Å². The summed E-state index contributed by atoms with van der Waals surface area (Å²) in [5, 5.41) is 9.68. The van der Waals surface area contributed by atoms with Crippen LogP contribution >= 0.6 is 0 Å². The molecule has 1 aliphatic carbocycles. The van der Waals surface area contributed by atoms with Gasteiger partial charge in [0, 0.05) is 6.04 Å². The zero-order valence-electron chi connectivity index (χ0n) is 9.16.